The Morgan fingerprint density at radius 2 is 1.82 bits per heavy atom. The largest absolute Gasteiger partial charge is 0.438 e. The first-order valence-electron chi connectivity index (χ1n) is 12.9. The molecule has 0 bridgehead atoms. The van der Waals surface area contributed by atoms with Crippen molar-refractivity contribution in [1.82, 2.24) is 10.2 Å². The molecule has 2 heterocycles. The van der Waals surface area contributed by atoms with Gasteiger partial charge in [-0.25, -0.2) is 4.79 Å². The number of ether oxygens (including phenoxy) is 2. The van der Waals surface area contributed by atoms with Gasteiger partial charge in [0.2, 0.25) is 5.91 Å². The summed E-state index contributed by atoms with van der Waals surface area (Å²) in [6, 6.07) is 23.0. The highest BCUT2D eigenvalue weighted by atomic mass is 16.6. The van der Waals surface area contributed by atoms with Crippen LogP contribution in [0.4, 0.5) is 10.5 Å². The molecule has 5 rings (SSSR count). The molecule has 3 amide bonds. The van der Waals surface area contributed by atoms with E-state index in [-0.39, 0.29) is 24.5 Å². The maximum Gasteiger partial charge on any atom is 0.411 e. The molecule has 2 aliphatic rings. The van der Waals surface area contributed by atoms with E-state index in [1.807, 2.05) is 55.5 Å². The molecule has 3 aromatic carbocycles. The number of carbonyl (C=O) groups excluding carboxylic acids is 3. The fourth-order valence-electron chi connectivity index (χ4n) is 4.90. The number of hydrogen-bond acceptors (Lipinski definition) is 5. The topological polar surface area (TPSA) is 97.0 Å². The minimum absolute atomic E-state index is 0.0295. The van der Waals surface area contributed by atoms with Gasteiger partial charge in [-0.15, -0.1) is 0 Å². The number of rotatable bonds is 8. The summed E-state index contributed by atoms with van der Waals surface area (Å²) < 4.78 is 11.4. The Labute approximate surface area is 221 Å². The van der Waals surface area contributed by atoms with Crippen LogP contribution in [0.1, 0.15) is 46.0 Å². The lowest BCUT2D eigenvalue weighted by Crippen LogP contribution is -2.47. The molecule has 2 aliphatic heterocycles. The van der Waals surface area contributed by atoms with Gasteiger partial charge >= 0.3 is 6.09 Å². The summed E-state index contributed by atoms with van der Waals surface area (Å²) >= 11 is 0. The molecule has 8 nitrogen and oxygen atoms in total. The third kappa shape index (κ3) is 5.86. The highest BCUT2D eigenvalue weighted by Crippen LogP contribution is 2.35. The van der Waals surface area contributed by atoms with Crippen LogP contribution < -0.4 is 10.6 Å². The average Bonchev–Trinajstić information content (AvgIpc) is 3.56. The number of nitrogens with zero attached hydrogens (tertiary/aromatic N) is 1. The zero-order valence-electron chi connectivity index (χ0n) is 21.3. The van der Waals surface area contributed by atoms with Crippen molar-refractivity contribution in [3.8, 4) is 0 Å². The van der Waals surface area contributed by atoms with E-state index >= 15 is 0 Å². The van der Waals surface area contributed by atoms with Gasteiger partial charge < -0.3 is 20.1 Å². The minimum atomic E-state index is -0.883. The fourth-order valence-corrected chi connectivity index (χ4v) is 4.90. The van der Waals surface area contributed by atoms with Crippen LogP contribution in [0.5, 0.6) is 0 Å². The van der Waals surface area contributed by atoms with E-state index in [1.165, 1.54) is 4.90 Å². The summed E-state index contributed by atoms with van der Waals surface area (Å²) in [6.07, 6.45) is 0.422. The van der Waals surface area contributed by atoms with Gasteiger partial charge in [0, 0.05) is 24.4 Å². The van der Waals surface area contributed by atoms with E-state index in [1.54, 1.807) is 30.3 Å². The molecule has 3 atom stereocenters. The number of aryl methyl sites for hydroxylation is 1. The van der Waals surface area contributed by atoms with Crippen LogP contribution in [-0.4, -0.2) is 48.1 Å². The molecule has 0 spiro atoms. The highest BCUT2D eigenvalue weighted by molar-refractivity contribution is 6.04. The minimum Gasteiger partial charge on any atom is -0.438 e. The quantitative estimate of drug-likeness (QED) is 0.459. The molecular weight excluding hydrogens is 482 g/mol. The number of hydrogen-bond donors (Lipinski definition) is 2. The van der Waals surface area contributed by atoms with Gasteiger partial charge in [-0.3, -0.25) is 14.5 Å². The maximum absolute atomic E-state index is 13.5. The normalized spacial score (nSPS) is 20.7. The van der Waals surface area contributed by atoms with Crippen molar-refractivity contribution in [2.24, 2.45) is 0 Å². The molecule has 2 saturated heterocycles. The Morgan fingerprint density at radius 3 is 2.58 bits per heavy atom. The Morgan fingerprint density at radius 1 is 1.00 bits per heavy atom. The highest BCUT2D eigenvalue weighted by Gasteiger charge is 2.47. The van der Waals surface area contributed by atoms with Crippen LogP contribution in [0.3, 0.4) is 0 Å². The summed E-state index contributed by atoms with van der Waals surface area (Å²) in [5.74, 6) is -0.549. The third-order valence-electron chi connectivity index (χ3n) is 6.83. The fraction of sp³-hybridized carbons (Fsp3) is 0.300. The molecule has 0 radical (unpaired) electrons. The predicted octanol–water partition coefficient (Wildman–Crippen LogP) is 4.60. The van der Waals surface area contributed by atoms with Gasteiger partial charge in [-0.2, -0.15) is 0 Å². The van der Waals surface area contributed by atoms with E-state index in [0.29, 0.717) is 30.0 Å². The lowest BCUT2D eigenvalue weighted by molar-refractivity contribution is -0.126. The molecule has 2 fully saturated rings. The van der Waals surface area contributed by atoms with Gasteiger partial charge in [0.05, 0.1) is 12.6 Å². The first kappa shape index (κ1) is 25.5. The zero-order chi connectivity index (χ0) is 26.5. The number of nitrogens with one attached hydrogen (secondary N) is 2. The number of carbonyl (C=O) groups is 3. The summed E-state index contributed by atoms with van der Waals surface area (Å²) in [5, 5.41) is 5.88. The SMILES string of the molecule is Cc1cccc(C(=O)Nc2cccc(C3OC(=O)N(Cc4ccccc4)C3C(=O)NCC3CCCO3)c2)c1. The van der Waals surface area contributed by atoms with E-state index in [4.69, 9.17) is 9.47 Å². The van der Waals surface area contributed by atoms with Crippen molar-refractivity contribution in [3.05, 3.63) is 101 Å². The van der Waals surface area contributed by atoms with E-state index < -0.39 is 18.2 Å². The Kier molecular flexibility index (Phi) is 7.70. The monoisotopic (exact) mass is 513 g/mol. The Balaban J connectivity index is 1.38. The van der Waals surface area contributed by atoms with Gasteiger partial charge in [-0.1, -0.05) is 60.2 Å². The van der Waals surface area contributed by atoms with E-state index in [9.17, 15) is 14.4 Å². The second kappa shape index (κ2) is 11.5. The lowest BCUT2D eigenvalue weighted by atomic mass is 10.00. The molecular formula is C30H31N3O5. The van der Waals surface area contributed by atoms with Gasteiger partial charge in [0.25, 0.3) is 5.91 Å². The smallest absolute Gasteiger partial charge is 0.411 e. The molecule has 196 valence electrons. The van der Waals surface area contributed by atoms with E-state index in [2.05, 4.69) is 10.6 Å². The van der Waals surface area contributed by atoms with Crippen LogP contribution in [0.2, 0.25) is 0 Å². The lowest BCUT2D eigenvalue weighted by Gasteiger charge is -2.25. The predicted molar refractivity (Wildman–Crippen MR) is 143 cm³/mol. The van der Waals surface area contributed by atoms with Crippen molar-refractivity contribution in [3.63, 3.8) is 0 Å². The van der Waals surface area contributed by atoms with Crippen molar-refractivity contribution in [2.75, 3.05) is 18.5 Å². The van der Waals surface area contributed by atoms with Crippen LogP contribution in [-0.2, 0) is 20.8 Å². The molecule has 0 aromatic heterocycles. The zero-order valence-corrected chi connectivity index (χ0v) is 21.3. The number of amides is 3. The Bertz CT molecular complexity index is 1310. The number of anilines is 1. The molecule has 38 heavy (non-hydrogen) atoms. The standard InChI is InChI=1S/C30H31N3O5/c1-20-8-5-12-23(16-20)28(34)32-24-13-6-11-22(17-24)27-26(29(35)31-18-25-14-7-15-37-25)33(30(36)38-27)19-21-9-3-2-4-10-21/h2-6,8-13,16-17,25-27H,7,14-15,18-19H2,1H3,(H,31,35)(H,32,34). The van der Waals surface area contributed by atoms with Gasteiger partial charge in [0.15, 0.2) is 12.1 Å². The van der Waals surface area contributed by atoms with Gasteiger partial charge in [-0.05, 0) is 55.2 Å². The molecule has 8 heteroatoms. The molecule has 3 aromatic rings. The summed E-state index contributed by atoms with van der Waals surface area (Å²) in [5.41, 5.74) is 3.59. The maximum atomic E-state index is 13.5. The van der Waals surface area contributed by atoms with Crippen molar-refractivity contribution < 1.29 is 23.9 Å². The first-order valence-corrected chi connectivity index (χ1v) is 12.9. The van der Waals surface area contributed by atoms with Gasteiger partial charge in [0.1, 0.15) is 0 Å². The second-order valence-electron chi connectivity index (χ2n) is 9.69. The first-order chi connectivity index (χ1) is 18.5. The van der Waals surface area contributed by atoms with Crippen LogP contribution in [0, 0.1) is 6.92 Å². The van der Waals surface area contributed by atoms with Crippen molar-refractivity contribution >= 4 is 23.6 Å². The summed E-state index contributed by atoms with van der Waals surface area (Å²) in [6.45, 7) is 3.23. The Hall–Kier alpha value is -4.17. The van der Waals surface area contributed by atoms with E-state index in [0.717, 1.165) is 24.0 Å². The molecule has 0 aliphatic carbocycles. The van der Waals surface area contributed by atoms with Crippen LogP contribution in [0.15, 0.2) is 78.9 Å². The number of benzene rings is 3. The third-order valence-corrected chi connectivity index (χ3v) is 6.83. The van der Waals surface area contributed by atoms with Crippen molar-refractivity contribution in [2.45, 2.75) is 44.6 Å². The molecule has 0 saturated carbocycles. The molecule has 3 unspecified atom stereocenters. The second-order valence-corrected chi connectivity index (χ2v) is 9.69. The van der Waals surface area contributed by atoms with Crippen LogP contribution >= 0.6 is 0 Å². The number of cyclic esters (lactones) is 1. The summed E-state index contributed by atoms with van der Waals surface area (Å²) in [4.78, 5) is 40.8. The average molecular weight is 514 g/mol. The van der Waals surface area contributed by atoms with Crippen LogP contribution in [0.25, 0.3) is 0 Å². The molecule has 2 N–H and O–H groups in total. The van der Waals surface area contributed by atoms with Crippen molar-refractivity contribution in [1.29, 1.82) is 0 Å². The summed E-state index contributed by atoms with van der Waals surface area (Å²) in [7, 11) is 0.